The molecule has 2 rings (SSSR count). The molecule has 6 heteroatoms. The van der Waals surface area contributed by atoms with Gasteiger partial charge in [-0.15, -0.1) is 0 Å². The van der Waals surface area contributed by atoms with E-state index in [9.17, 15) is 5.26 Å². The van der Waals surface area contributed by atoms with E-state index in [1.807, 2.05) is 6.20 Å². The number of hydrogen-bond donors (Lipinski definition) is 1. The lowest BCUT2D eigenvalue weighted by molar-refractivity contribution is 0.122. The Morgan fingerprint density at radius 2 is 1.74 bits per heavy atom. The molecule has 0 aliphatic carbocycles. The van der Waals surface area contributed by atoms with Crippen molar-refractivity contribution in [1.82, 2.24) is 15.2 Å². The van der Waals surface area contributed by atoms with Crippen molar-refractivity contribution in [1.29, 1.82) is 5.26 Å². The number of aromatic nitrogens is 1. The van der Waals surface area contributed by atoms with Crippen LogP contribution >= 0.6 is 15.9 Å². The molecule has 27 heavy (non-hydrogen) atoms. The summed E-state index contributed by atoms with van der Waals surface area (Å²) in [5.41, 5.74) is 1.78. The highest BCUT2D eigenvalue weighted by Crippen LogP contribution is 2.37. The molecule has 0 amide bonds. The highest BCUT2D eigenvalue weighted by molar-refractivity contribution is 9.10. The lowest BCUT2D eigenvalue weighted by Crippen LogP contribution is -2.69. The molecule has 0 saturated carbocycles. The highest BCUT2D eigenvalue weighted by Gasteiger charge is 2.41. The molecule has 5 nitrogen and oxygen atoms in total. The zero-order valence-corrected chi connectivity index (χ0v) is 19.6. The second-order valence-electron chi connectivity index (χ2n) is 8.86. The molecule has 0 spiro atoms. The molecule has 1 unspecified atom stereocenters. The lowest BCUT2D eigenvalue weighted by Gasteiger charge is -2.50. The summed E-state index contributed by atoms with van der Waals surface area (Å²) in [4.78, 5) is 9.35. The lowest BCUT2D eigenvalue weighted by atomic mass is 9.90. The van der Waals surface area contributed by atoms with Gasteiger partial charge in [0, 0.05) is 53.5 Å². The quantitative estimate of drug-likeness (QED) is 0.684. The van der Waals surface area contributed by atoms with Gasteiger partial charge in [-0.1, -0.05) is 13.8 Å². The Morgan fingerprint density at radius 3 is 2.19 bits per heavy atom. The van der Waals surface area contributed by atoms with Gasteiger partial charge in [-0.2, -0.15) is 5.26 Å². The second kappa shape index (κ2) is 8.46. The molecule has 2 heterocycles. The van der Waals surface area contributed by atoms with Crippen molar-refractivity contribution in [3.8, 4) is 6.07 Å². The Kier molecular flexibility index (Phi) is 6.94. The van der Waals surface area contributed by atoms with Gasteiger partial charge in [0.2, 0.25) is 0 Å². The smallest absolute Gasteiger partial charge is 0.147 e. The number of pyridine rings is 1. The fourth-order valence-corrected chi connectivity index (χ4v) is 5.21. The largest absolute Gasteiger partial charge is 0.352 e. The minimum atomic E-state index is 0.0765. The molecule has 1 aromatic heterocycles. The maximum atomic E-state index is 9.83. The molecule has 0 aromatic carbocycles. The van der Waals surface area contributed by atoms with E-state index in [1.54, 1.807) is 0 Å². The fraction of sp³-hybridized carbons (Fsp3) is 0.714. The minimum absolute atomic E-state index is 0.0765. The van der Waals surface area contributed by atoms with Gasteiger partial charge in [-0.3, -0.25) is 4.90 Å². The van der Waals surface area contributed by atoms with Gasteiger partial charge >= 0.3 is 0 Å². The van der Waals surface area contributed by atoms with Crippen molar-refractivity contribution in [2.75, 3.05) is 18.0 Å². The first-order valence-electron chi connectivity index (χ1n) is 9.89. The molecular formula is C21H34BrN5. The number of rotatable bonds is 7. The summed E-state index contributed by atoms with van der Waals surface area (Å²) in [6.45, 7) is 19.3. The van der Waals surface area contributed by atoms with Crippen molar-refractivity contribution in [2.45, 2.75) is 85.1 Å². The number of nitriles is 1. The first-order chi connectivity index (χ1) is 12.5. The molecule has 1 aromatic rings. The summed E-state index contributed by atoms with van der Waals surface area (Å²) in [7, 11) is 0. The van der Waals surface area contributed by atoms with E-state index in [0.717, 1.165) is 28.9 Å². The number of halogens is 1. The van der Waals surface area contributed by atoms with Gasteiger partial charge in [-0.05, 0) is 57.5 Å². The molecule has 1 saturated heterocycles. The molecule has 1 aliphatic rings. The number of nitrogens with one attached hydrogen (secondary N) is 1. The molecule has 1 atom stereocenters. The normalized spacial score (nSPS) is 17.6. The van der Waals surface area contributed by atoms with E-state index in [-0.39, 0.29) is 11.6 Å². The maximum absolute atomic E-state index is 9.83. The zero-order chi connectivity index (χ0) is 20.5. The Morgan fingerprint density at radius 1 is 1.19 bits per heavy atom. The average Bonchev–Trinajstić information content (AvgIpc) is 2.50. The monoisotopic (exact) mass is 435 g/mol. The van der Waals surface area contributed by atoms with E-state index in [1.165, 1.54) is 0 Å². The van der Waals surface area contributed by atoms with Gasteiger partial charge in [0.05, 0.1) is 5.54 Å². The highest BCUT2D eigenvalue weighted by atomic mass is 79.9. The molecule has 150 valence electrons. The number of nitrogens with zero attached hydrogens (tertiary/aromatic N) is 4. The molecule has 1 fully saturated rings. The van der Waals surface area contributed by atoms with Gasteiger partial charge < -0.3 is 10.2 Å². The van der Waals surface area contributed by atoms with Crippen LogP contribution in [0.4, 0.5) is 5.82 Å². The van der Waals surface area contributed by atoms with Crippen LogP contribution in [0.25, 0.3) is 0 Å². The molecule has 1 aliphatic heterocycles. The Balaban J connectivity index is 2.30. The van der Waals surface area contributed by atoms with Gasteiger partial charge in [-0.25, -0.2) is 4.98 Å². The van der Waals surface area contributed by atoms with Crippen LogP contribution in [0.3, 0.4) is 0 Å². The third-order valence-electron chi connectivity index (χ3n) is 5.24. The molecule has 0 radical (unpaired) electrons. The van der Waals surface area contributed by atoms with Crippen LogP contribution < -0.4 is 10.2 Å². The van der Waals surface area contributed by atoms with Gasteiger partial charge in [0.15, 0.2) is 0 Å². The van der Waals surface area contributed by atoms with Crippen LogP contribution in [-0.4, -0.2) is 46.6 Å². The zero-order valence-electron chi connectivity index (χ0n) is 18.0. The Hall–Kier alpha value is -1.16. The standard InChI is InChI=1S/C21H34BrN5/c1-13(2)25-21(8)11-26(12-21)20-17(9-23)19(22)18(10-24-20)16(7)27(14(3)4)15(5)6/h10,13-16,25H,11-12H2,1-8H3. The van der Waals surface area contributed by atoms with Gasteiger partial charge in [0.1, 0.15) is 17.5 Å². The summed E-state index contributed by atoms with van der Waals surface area (Å²) >= 11 is 3.72. The van der Waals surface area contributed by atoms with Crippen LogP contribution in [0.5, 0.6) is 0 Å². The van der Waals surface area contributed by atoms with Crippen LogP contribution in [0.2, 0.25) is 0 Å². The second-order valence-corrected chi connectivity index (χ2v) is 9.66. The van der Waals surface area contributed by atoms with Crippen LogP contribution in [0.1, 0.15) is 72.6 Å². The van der Waals surface area contributed by atoms with Gasteiger partial charge in [0.25, 0.3) is 0 Å². The van der Waals surface area contributed by atoms with Crippen molar-refractivity contribution >= 4 is 21.7 Å². The SMILES string of the molecule is CC(C)NC1(C)CN(c2ncc(C(C)N(C(C)C)C(C)C)c(Br)c2C#N)C1. The van der Waals surface area contributed by atoms with E-state index in [0.29, 0.717) is 23.7 Å². The first-order valence-corrected chi connectivity index (χ1v) is 10.7. The molecular weight excluding hydrogens is 402 g/mol. The third-order valence-corrected chi connectivity index (χ3v) is 6.09. The van der Waals surface area contributed by atoms with Crippen LogP contribution in [-0.2, 0) is 0 Å². The third kappa shape index (κ3) is 4.64. The van der Waals surface area contributed by atoms with E-state index < -0.39 is 0 Å². The van der Waals surface area contributed by atoms with Crippen molar-refractivity contribution in [2.24, 2.45) is 0 Å². The fourth-order valence-electron chi connectivity index (χ4n) is 4.51. The summed E-state index contributed by atoms with van der Waals surface area (Å²) in [5.74, 6) is 0.781. The maximum Gasteiger partial charge on any atom is 0.147 e. The van der Waals surface area contributed by atoms with Crippen LogP contribution in [0, 0.1) is 11.3 Å². The summed E-state index contributed by atoms with van der Waals surface area (Å²) in [6.07, 6.45) is 1.94. The van der Waals surface area contributed by atoms with Crippen LogP contribution in [0.15, 0.2) is 10.7 Å². The molecule has 0 bridgehead atoms. The van der Waals surface area contributed by atoms with E-state index in [2.05, 4.69) is 92.5 Å². The van der Waals surface area contributed by atoms with E-state index in [4.69, 9.17) is 4.98 Å². The predicted octanol–water partition coefficient (Wildman–Crippen LogP) is 4.47. The van der Waals surface area contributed by atoms with Crippen molar-refractivity contribution < 1.29 is 0 Å². The predicted molar refractivity (Wildman–Crippen MR) is 116 cm³/mol. The summed E-state index contributed by atoms with van der Waals surface area (Å²) < 4.78 is 0.874. The summed E-state index contributed by atoms with van der Waals surface area (Å²) in [6, 6.07) is 3.82. The van der Waals surface area contributed by atoms with E-state index >= 15 is 0 Å². The number of anilines is 1. The average molecular weight is 436 g/mol. The minimum Gasteiger partial charge on any atom is -0.352 e. The summed E-state index contributed by atoms with van der Waals surface area (Å²) in [5, 5.41) is 13.4. The number of hydrogen-bond acceptors (Lipinski definition) is 5. The van der Waals surface area contributed by atoms with Crippen molar-refractivity contribution in [3.63, 3.8) is 0 Å². The Bertz CT molecular complexity index is 693. The first kappa shape index (κ1) is 22.1. The Labute approximate surface area is 173 Å². The van der Waals surface area contributed by atoms with Crippen molar-refractivity contribution in [3.05, 3.63) is 21.8 Å². The topological polar surface area (TPSA) is 55.2 Å². The molecule has 1 N–H and O–H groups in total.